The number of likely N-dealkylation sites (N-methyl/N-ethyl adjacent to an activating group) is 1. The van der Waals surface area contributed by atoms with Crippen LogP contribution in [0.4, 0.5) is 5.69 Å². The molecule has 0 fully saturated rings. The Balaban J connectivity index is 1.70. The van der Waals surface area contributed by atoms with Gasteiger partial charge in [0.25, 0.3) is 5.91 Å². The minimum atomic E-state index is -0.145. The van der Waals surface area contributed by atoms with Crippen LogP contribution in [0.25, 0.3) is 0 Å². The van der Waals surface area contributed by atoms with Gasteiger partial charge >= 0.3 is 0 Å². The fourth-order valence-electron chi connectivity index (χ4n) is 2.92. The Kier molecular flexibility index (Phi) is 5.64. The second-order valence-corrected chi connectivity index (χ2v) is 7.94. The van der Waals surface area contributed by atoms with Gasteiger partial charge in [0.05, 0.1) is 17.0 Å². The third-order valence-electron chi connectivity index (χ3n) is 4.44. The van der Waals surface area contributed by atoms with Gasteiger partial charge in [-0.2, -0.15) is 0 Å². The van der Waals surface area contributed by atoms with E-state index in [2.05, 4.69) is 27.7 Å². The molecule has 0 unspecified atom stereocenters. The first-order valence-corrected chi connectivity index (χ1v) is 9.45. The van der Waals surface area contributed by atoms with E-state index in [1.165, 1.54) is 11.8 Å². The van der Waals surface area contributed by atoms with E-state index in [-0.39, 0.29) is 23.1 Å². The van der Waals surface area contributed by atoms with E-state index >= 15 is 0 Å². The molecule has 1 aliphatic rings. The topological polar surface area (TPSA) is 61.4 Å². The van der Waals surface area contributed by atoms with E-state index in [0.717, 1.165) is 10.5 Å². The van der Waals surface area contributed by atoms with Crippen LogP contribution >= 0.6 is 11.8 Å². The molecule has 0 spiro atoms. The number of hydrogen-bond donors (Lipinski definition) is 2. The van der Waals surface area contributed by atoms with Crippen LogP contribution in [0, 0.1) is 0 Å². The molecule has 26 heavy (non-hydrogen) atoms. The van der Waals surface area contributed by atoms with E-state index in [4.69, 9.17) is 0 Å². The standard InChI is InChI=1S/C20H23N3O2S/c1-13-19(24)22-16-11-15(9-10-18(16)26-13)20(25)21-12-17(23(2)3)14-7-5-4-6-8-14/h4-11,13,17H,12H2,1-3H3,(H,21,25)(H,22,24)/t13-,17-/m1/s1. The van der Waals surface area contributed by atoms with Crippen molar-refractivity contribution in [3.8, 4) is 0 Å². The van der Waals surface area contributed by atoms with Crippen LogP contribution in [0.3, 0.4) is 0 Å². The van der Waals surface area contributed by atoms with E-state index < -0.39 is 0 Å². The van der Waals surface area contributed by atoms with Gasteiger partial charge in [-0.3, -0.25) is 9.59 Å². The Bertz CT molecular complexity index is 808. The van der Waals surface area contributed by atoms with Crippen molar-refractivity contribution >= 4 is 29.3 Å². The third kappa shape index (κ3) is 4.08. The predicted molar refractivity (Wildman–Crippen MR) is 106 cm³/mol. The maximum atomic E-state index is 12.6. The molecule has 2 aromatic carbocycles. The Labute approximate surface area is 158 Å². The molecule has 0 aliphatic carbocycles. The normalized spacial score (nSPS) is 17.4. The average molecular weight is 369 g/mol. The van der Waals surface area contributed by atoms with Gasteiger partial charge in [0.2, 0.25) is 5.91 Å². The second kappa shape index (κ2) is 7.93. The lowest BCUT2D eigenvalue weighted by Crippen LogP contribution is -2.34. The lowest BCUT2D eigenvalue weighted by molar-refractivity contribution is -0.115. The molecule has 0 radical (unpaired) electrons. The number of rotatable bonds is 5. The smallest absolute Gasteiger partial charge is 0.251 e. The fourth-order valence-corrected chi connectivity index (χ4v) is 3.85. The minimum absolute atomic E-state index is 0.0307. The summed E-state index contributed by atoms with van der Waals surface area (Å²) in [5, 5.41) is 5.75. The molecule has 1 heterocycles. The zero-order valence-corrected chi connectivity index (χ0v) is 16.0. The Morgan fingerprint density at radius 1 is 1.23 bits per heavy atom. The highest BCUT2D eigenvalue weighted by Crippen LogP contribution is 2.35. The van der Waals surface area contributed by atoms with Gasteiger partial charge < -0.3 is 15.5 Å². The van der Waals surface area contributed by atoms with Crippen LogP contribution in [-0.4, -0.2) is 42.6 Å². The number of thioether (sulfide) groups is 1. The molecule has 0 aromatic heterocycles. The zero-order valence-electron chi connectivity index (χ0n) is 15.2. The van der Waals surface area contributed by atoms with Crippen LogP contribution in [0.15, 0.2) is 53.4 Å². The summed E-state index contributed by atoms with van der Waals surface area (Å²) in [6.45, 7) is 2.37. The molecule has 1 aliphatic heterocycles. The van der Waals surface area contributed by atoms with E-state index in [1.807, 2.05) is 45.3 Å². The first-order chi connectivity index (χ1) is 12.5. The highest BCUT2D eigenvalue weighted by Gasteiger charge is 2.24. The molecule has 0 bridgehead atoms. The predicted octanol–water partition coefficient (Wildman–Crippen LogP) is 3.15. The number of anilines is 1. The zero-order chi connectivity index (χ0) is 18.7. The highest BCUT2D eigenvalue weighted by atomic mass is 32.2. The SMILES string of the molecule is C[C@H]1Sc2ccc(C(=O)NC[C@H](c3ccccc3)N(C)C)cc2NC1=O. The summed E-state index contributed by atoms with van der Waals surface area (Å²) in [5.41, 5.74) is 2.41. The number of carbonyl (C=O) groups is 2. The summed E-state index contributed by atoms with van der Waals surface area (Å²) in [6, 6.07) is 15.6. The van der Waals surface area contributed by atoms with Crippen molar-refractivity contribution in [2.45, 2.75) is 23.1 Å². The van der Waals surface area contributed by atoms with Crippen LogP contribution in [0.1, 0.15) is 28.9 Å². The number of nitrogens with one attached hydrogen (secondary N) is 2. The summed E-state index contributed by atoms with van der Waals surface area (Å²) in [5.74, 6) is -0.176. The van der Waals surface area contributed by atoms with Crippen molar-refractivity contribution < 1.29 is 9.59 Å². The quantitative estimate of drug-likeness (QED) is 0.850. The van der Waals surface area contributed by atoms with Gasteiger partial charge in [-0.25, -0.2) is 0 Å². The molecule has 136 valence electrons. The highest BCUT2D eigenvalue weighted by molar-refractivity contribution is 8.00. The van der Waals surface area contributed by atoms with Gasteiger partial charge in [-0.1, -0.05) is 30.3 Å². The summed E-state index contributed by atoms with van der Waals surface area (Å²) >= 11 is 1.51. The second-order valence-electron chi connectivity index (χ2n) is 6.56. The number of carbonyl (C=O) groups excluding carboxylic acids is 2. The minimum Gasteiger partial charge on any atom is -0.350 e. The molecule has 0 saturated carbocycles. The van der Waals surface area contributed by atoms with Gasteiger partial charge in [0, 0.05) is 17.0 Å². The molecular weight excluding hydrogens is 346 g/mol. The Morgan fingerprint density at radius 2 is 1.96 bits per heavy atom. The molecule has 5 nitrogen and oxygen atoms in total. The van der Waals surface area contributed by atoms with Crippen molar-refractivity contribution in [2.75, 3.05) is 26.0 Å². The lowest BCUT2D eigenvalue weighted by Gasteiger charge is -2.25. The Morgan fingerprint density at radius 3 is 2.65 bits per heavy atom. The average Bonchev–Trinajstić information content (AvgIpc) is 2.63. The van der Waals surface area contributed by atoms with Crippen LogP contribution < -0.4 is 10.6 Å². The molecule has 0 saturated heterocycles. The molecule has 2 atom stereocenters. The van der Waals surface area contributed by atoms with Crippen molar-refractivity contribution in [1.29, 1.82) is 0 Å². The van der Waals surface area contributed by atoms with Crippen molar-refractivity contribution in [2.24, 2.45) is 0 Å². The van der Waals surface area contributed by atoms with Gasteiger partial charge in [0.1, 0.15) is 0 Å². The number of benzene rings is 2. The summed E-state index contributed by atoms with van der Waals surface area (Å²) in [4.78, 5) is 27.5. The number of hydrogen-bond acceptors (Lipinski definition) is 4. The fraction of sp³-hybridized carbons (Fsp3) is 0.300. The summed E-state index contributed by atoms with van der Waals surface area (Å²) in [6.07, 6.45) is 0. The number of fused-ring (bicyclic) bond motifs is 1. The molecule has 2 amide bonds. The third-order valence-corrected chi connectivity index (χ3v) is 5.61. The summed E-state index contributed by atoms with van der Waals surface area (Å²) in [7, 11) is 3.99. The maximum Gasteiger partial charge on any atom is 0.251 e. The molecule has 2 N–H and O–H groups in total. The first-order valence-electron chi connectivity index (χ1n) is 8.57. The largest absolute Gasteiger partial charge is 0.350 e. The van der Waals surface area contributed by atoms with Crippen LogP contribution in [0.2, 0.25) is 0 Å². The Hall–Kier alpha value is -2.31. The lowest BCUT2D eigenvalue weighted by atomic mass is 10.1. The van der Waals surface area contributed by atoms with Gasteiger partial charge in [-0.05, 0) is 44.8 Å². The van der Waals surface area contributed by atoms with E-state index in [1.54, 1.807) is 12.1 Å². The summed E-state index contributed by atoms with van der Waals surface area (Å²) < 4.78 is 0. The first kappa shape index (κ1) is 18.5. The van der Waals surface area contributed by atoms with Crippen LogP contribution in [-0.2, 0) is 4.79 Å². The molecular formula is C20H23N3O2S. The van der Waals surface area contributed by atoms with Gasteiger partial charge in [0.15, 0.2) is 0 Å². The van der Waals surface area contributed by atoms with Crippen molar-refractivity contribution in [3.05, 3.63) is 59.7 Å². The van der Waals surface area contributed by atoms with E-state index in [0.29, 0.717) is 17.8 Å². The molecule has 3 rings (SSSR count). The monoisotopic (exact) mass is 369 g/mol. The van der Waals surface area contributed by atoms with Crippen molar-refractivity contribution in [3.63, 3.8) is 0 Å². The number of amides is 2. The van der Waals surface area contributed by atoms with Crippen molar-refractivity contribution in [1.82, 2.24) is 10.2 Å². The maximum absolute atomic E-state index is 12.6. The van der Waals surface area contributed by atoms with E-state index in [9.17, 15) is 9.59 Å². The number of nitrogens with zero attached hydrogens (tertiary/aromatic N) is 1. The molecule has 2 aromatic rings. The van der Waals surface area contributed by atoms with Crippen LogP contribution in [0.5, 0.6) is 0 Å². The molecule has 6 heteroatoms. The van der Waals surface area contributed by atoms with Gasteiger partial charge in [-0.15, -0.1) is 11.8 Å².